The van der Waals surface area contributed by atoms with Crippen LogP contribution in [0, 0.1) is 6.92 Å². The zero-order valence-electron chi connectivity index (χ0n) is 15.1. The molecule has 3 rings (SSSR count). The number of aryl methyl sites for hydroxylation is 2. The molecule has 0 spiro atoms. The first kappa shape index (κ1) is 19.7. The second-order valence-electron chi connectivity index (χ2n) is 6.60. The maximum Gasteiger partial charge on any atom is 0.390 e. The molecule has 0 saturated carbocycles. The van der Waals surface area contributed by atoms with Crippen molar-refractivity contribution < 1.29 is 18.0 Å². The van der Waals surface area contributed by atoms with Gasteiger partial charge in [0.2, 0.25) is 5.91 Å². The maximum absolute atomic E-state index is 12.7. The monoisotopic (exact) mass is 403 g/mol. The van der Waals surface area contributed by atoms with E-state index in [1.54, 1.807) is 18.7 Å². The topological polar surface area (TPSA) is 64.3 Å². The first-order chi connectivity index (χ1) is 12.6. The van der Waals surface area contributed by atoms with Crippen molar-refractivity contribution in [2.75, 3.05) is 6.54 Å². The van der Waals surface area contributed by atoms with Crippen LogP contribution in [0.2, 0.25) is 0 Å². The number of thiophene rings is 1. The lowest BCUT2D eigenvalue weighted by atomic mass is 10.2. The van der Waals surface area contributed by atoms with Gasteiger partial charge in [-0.3, -0.25) is 18.7 Å². The molecule has 2 aromatic rings. The summed E-state index contributed by atoms with van der Waals surface area (Å²) in [7, 11) is 0. The summed E-state index contributed by atoms with van der Waals surface area (Å²) in [5.41, 5.74) is -0.597. The Labute approximate surface area is 156 Å². The van der Waals surface area contributed by atoms with E-state index in [0.717, 1.165) is 31.8 Å². The minimum atomic E-state index is -4.41. The van der Waals surface area contributed by atoms with E-state index in [-0.39, 0.29) is 22.7 Å². The molecule has 1 aliphatic rings. The average molecular weight is 403 g/mol. The molecular weight excluding hydrogens is 383 g/mol. The van der Waals surface area contributed by atoms with Crippen molar-refractivity contribution >= 4 is 27.5 Å². The van der Waals surface area contributed by atoms with Crippen LogP contribution in [-0.4, -0.2) is 32.7 Å². The van der Waals surface area contributed by atoms with Crippen LogP contribution < -0.4 is 11.2 Å². The van der Waals surface area contributed by atoms with Crippen LogP contribution in [0.15, 0.2) is 9.59 Å². The third-order valence-electron chi connectivity index (χ3n) is 4.83. The summed E-state index contributed by atoms with van der Waals surface area (Å²) >= 11 is 1.13. The predicted molar refractivity (Wildman–Crippen MR) is 96.1 cm³/mol. The molecule has 148 valence electrons. The molecule has 27 heavy (non-hydrogen) atoms. The number of amides is 1. The Kier molecular flexibility index (Phi) is 5.20. The number of halogens is 3. The van der Waals surface area contributed by atoms with Crippen LogP contribution in [0.1, 0.15) is 36.6 Å². The molecule has 0 N–H and O–H groups in total. The predicted octanol–water partition coefficient (Wildman–Crippen LogP) is 2.63. The number of nitrogens with zero attached hydrogens (tertiary/aromatic N) is 3. The molecular formula is C17H20F3N3O3S. The minimum absolute atomic E-state index is 0.0206. The number of carbonyl (C=O) groups excluding carboxylic acids is 1. The molecule has 0 aliphatic carbocycles. The summed E-state index contributed by atoms with van der Waals surface area (Å²) in [6, 6.07) is 0. The lowest BCUT2D eigenvalue weighted by molar-refractivity contribution is -0.136. The Morgan fingerprint density at radius 3 is 2.41 bits per heavy atom. The number of alkyl halides is 3. The van der Waals surface area contributed by atoms with Crippen LogP contribution in [0.4, 0.5) is 13.2 Å². The van der Waals surface area contributed by atoms with E-state index in [0.29, 0.717) is 25.1 Å². The number of hydrogen-bond acceptors (Lipinski definition) is 4. The van der Waals surface area contributed by atoms with Crippen LogP contribution in [0.3, 0.4) is 0 Å². The summed E-state index contributed by atoms with van der Waals surface area (Å²) < 4.78 is 40.1. The molecule has 0 bridgehead atoms. The van der Waals surface area contributed by atoms with Gasteiger partial charge in [-0.05, 0) is 25.8 Å². The highest BCUT2D eigenvalue weighted by Gasteiger charge is 2.29. The Morgan fingerprint density at radius 1 is 1.15 bits per heavy atom. The van der Waals surface area contributed by atoms with E-state index in [2.05, 4.69) is 0 Å². The summed E-state index contributed by atoms with van der Waals surface area (Å²) in [6.07, 6.45) is -4.32. The molecule has 1 aliphatic heterocycles. The molecule has 3 heterocycles. The number of fused-ring (bicyclic) bond motifs is 1. The van der Waals surface area contributed by atoms with E-state index < -0.39 is 30.4 Å². The molecule has 1 fully saturated rings. The molecule has 0 aromatic carbocycles. The number of likely N-dealkylation sites (tertiary alicyclic amines) is 1. The number of carbonyl (C=O) groups is 1. The van der Waals surface area contributed by atoms with Gasteiger partial charge in [0, 0.05) is 30.9 Å². The second kappa shape index (κ2) is 7.14. The fourth-order valence-electron chi connectivity index (χ4n) is 3.35. The Morgan fingerprint density at radius 2 is 1.85 bits per heavy atom. The van der Waals surface area contributed by atoms with E-state index in [9.17, 15) is 27.6 Å². The van der Waals surface area contributed by atoms with Crippen molar-refractivity contribution in [2.45, 2.75) is 58.9 Å². The zero-order valence-corrected chi connectivity index (χ0v) is 15.9. The van der Waals surface area contributed by atoms with Gasteiger partial charge < -0.3 is 4.90 Å². The van der Waals surface area contributed by atoms with Gasteiger partial charge in [0.05, 0.1) is 18.4 Å². The molecule has 10 heteroatoms. The summed E-state index contributed by atoms with van der Waals surface area (Å²) in [5.74, 6) is 0.0206. The van der Waals surface area contributed by atoms with Gasteiger partial charge in [-0.2, -0.15) is 13.2 Å². The highest BCUT2D eigenvalue weighted by Crippen LogP contribution is 2.31. The fourth-order valence-corrected chi connectivity index (χ4v) is 4.68. The highest BCUT2D eigenvalue weighted by atomic mass is 32.1. The quantitative estimate of drug-likeness (QED) is 0.771. The van der Waals surface area contributed by atoms with Crippen LogP contribution >= 0.6 is 11.3 Å². The summed E-state index contributed by atoms with van der Waals surface area (Å²) in [4.78, 5) is 39.8. The lowest BCUT2D eigenvalue weighted by Crippen LogP contribution is -2.39. The van der Waals surface area contributed by atoms with Crippen molar-refractivity contribution in [3.05, 3.63) is 31.3 Å². The Bertz CT molecular complexity index is 1000. The third kappa shape index (κ3) is 3.67. The van der Waals surface area contributed by atoms with Crippen molar-refractivity contribution in [3.8, 4) is 0 Å². The Hall–Kier alpha value is -2.10. The van der Waals surface area contributed by atoms with Crippen molar-refractivity contribution in [1.82, 2.24) is 14.0 Å². The van der Waals surface area contributed by atoms with Gasteiger partial charge in [0.25, 0.3) is 5.56 Å². The average Bonchev–Trinajstić information content (AvgIpc) is 3.11. The minimum Gasteiger partial charge on any atom is -0.338 e. The fraction of sp³-hybridized carbons (Fsp3) is 0.588. The summed E-state index contributed by atoms with van der Waals surface area (Å²) in [6.45, 7) is 3.79. The largest absolute Gasteiger partial charge is 0.390 e. The molecule has 1 amide bonds. The van der Waals surface area contributed by atoms with E-state index in [1.807, 2.05) is 0 Å². The second-order valence-corrected chi connectivity index (χ2v) is 7.68. The Balaban J connectivity index is 2.15. The number of rotatable bonds is 5. The molecule has 0 radical (unpaired) electrons. The molecule has 6 nitrogen and oxygen atoms in total. The van der Waals surface area contributed by atoms with Gasteiger partial charge in [0.15, 0.2) is 0 Å². The van der Waals surface area contributed by atoms with Gasteiger partial charge >= 0.3 is 11.9 Å². The number of hydrogen-bond donors (Lipinski definition) is 0. The van der Waals surface area contributed by atoms with E-state index >= 15 is 0 Å². The normalized spacial score (nSPS) is 15.3. The van der Waals surface area contributed by atoms with Gasteiger partial charge in [-0.1, -0.05) is 0 Å². The molecule has 2 aromatic heterocycles. The van der Waals surface area contributed by atoms with Crippen LogP contribution in [-0.2, 0) is 24.4 Å². The maximum atomic E-state index is 12.7. The first-order valence-electron chi connectivity index (χ1n) is 8.74. The molecule has 1 saturated heterocycles. The zero-order chi connectivity index (χ0) is 19.9. The van der Waals surface area contributed by atoms with Crippen LogP contribution in [0.25, 0.3) is 10.2 Å². The summed E-state index contributed by atoms with van der Waals surface area (Å²) in [5, 5.41) is 0.269. The lowest BCUT2D eigenvalue weighted by Gasteiger charge is -2.14. The SMILES string of the molecule is CCn1c(=O)c2c(C)c(CN3CCCC3=O)sc2n(CCC(F)(F)F)c1=O. The third-order valence-corrected chi connectivity index (χ3v) is 6.13. The molecule has 0 atom stereocenters. The van der Waals surface area contributed by atoms with Crippen molar-refractivity contribution in [3.63, 3.8) is 0 Å². The highest BCUT2D eigenvalue weighted by molar-refractivity contribution is 7.18. The van der Waals surface area contributed by atoms with Crippen molar-refractivity contribution in [1.29, 1.82) is 0 Å². The van der Waals surface area contributed by atoms with Gasteiger partial charge in [0.1, 0.15) is 4.83 Å². The van der Waals surface area contributed by atoms with Crippen molar-refractivity contribution in [2.24, 2.45) is 0 Å². The van der Waals surface area contributed by atoms with E-state index in [1.165, 1.54) is 0 Å². The van der Waals surface area contributed by atoms with Crippen LogP contribution in [0.5, 0.6) is 0 Å². The molecule has 0 unspecified atom stereocenters. The van der Waals surface area contributed by atoms with Gasteiger partial charge in [-0.25, -0.2) is 4.79 Å². The number of aromatic nitrogens is 2. The van der Waals surface area contributed by atoms with E-state index in [4.69, 9.17) is 0 Å². The first-order valence-corrected chi connectivity index (χ1v) is 9.55. The van der Waals surface area contributed by atoms with Gasteiger partial charge in [-0.15, -0.1) is 11.3 Å². The smallest absolute Gasteiger partial charge is 0.338 e. The standard InChI is InChI=1S/C17H20F3N3O3S/c1-3-22-14(25)13-10(2)11(9-21-7-4-5-12(21)24)27-15(13)23(16(22)26)8-6-17(18,19)20/h3-9H2,1-2H3.